The number of rotatable bonds is 5. The second-order valence-electron chi connectivity index (χ2n) is 7.21. The molecule has 1 atom stereocenters. The van der Waals surface area contributed by atoms with Gasteiger partial charge in [0, 0.05) is 65.0 Å². The minimum absolute atomic E-state index is 0.126. The number of benzene rings is 1. The quantitative estimate of drug-likeness (QED) is 0.613. The fourth-order valence-electron chi connectivity index (χ4n) is 3.71. The van der Waals surface area contributed by atoms with Gasteiger partial charge in [-0.05, 0) is 18.6 Å². The Balaban J connectivity index is 1.42. The molecule has 0 saturated carbocycles. The van der Waals surface area contributed by atoms with E-state index < -0.39 is 0 Å². The summed E-state index contributed by atoms with van der Waals surface area (Å²) in [4.78, 5) is 23.2. The van der Waals surface area contributed by atoms with Crippen LogP contribution in [-0.2, 0) is 9.53 Å². The van der Waals surface area contributed by atoms with Crippen molar-refractivity contribution in [2.45, 2.75) is 6.42 Å². The highest BCUT2D eigenvalue weighted by Crippen LogP contribution is 2.15. The molecule has 0 aliphatic carbocycles. The van der Waals surface area contributed by atoms with E-state index in [1.807, 2.05) is 18.0 Å². The van der Waals surface area contributed by atoms with Gasteiger partial charge in [0.15, 0.2) is 5.96 Å². The summed E-state index contributed by atoms with van der Waals surface area (Å²) < 4.78 is 5.44. The van der Waals surface area contributed by atoms with E-state index in [2.05, 4.69) is 44.4 Å². The second-order valence-corrected chi connectivity index (χ2v) is 7.21. The highest BCUT2D eigenvalue weighted by Gasteiger charge is 2.22. The van der Waals surface area contributed by atoms with Crippen molar-refractivity contribution in [1.29, 1.82) is 0 Å². The van der Waals surface area contributed by atoms with E-state index in [1.54, 1.807) is 7.05 Å². The topological polar surface area (TPSA) is 60.4 Å². The Morgan fingerprint density at radius 1 is 1.26 bits per heavy atom. The van der Waals surface area contributed by atoms with E-state index in [0.717, 1.165) is 58.3 Å². The highest BCUT2D eigenvalue weighted by atomic mass is 16.5. The largest absolute Gasteiger partial charge is 0.381 e. The first kappa shape index (κ1) is 19.5. The molecule has 148 valence electrons. The molecule has 0 spiro atoms. The van der Waals surface area contributed by atoms with Crippen LogP contribution in [0.1, 0.15) is 6.42 Å². The predicted molar refractivity (Wildman–Crippen MR) is 108 cm³/mol. The molecule has 1 amide bonds. The minimum Gasteiger partial charge on any atom is -0.381 e. The van der Waals surface area contributed by atoms with Crippen LogP contribution in [0.2, 0.25) is 0 Å². The van der Waals surface area contributed by atoms with Crippen molar-refractivity contribution >= 4 is 17.6 Å². The summed E-state index contributed by atoms with van der Waals surface area (Å²) in [5.74, 6) is 1.43. The first-order valence-corrected chi connectivity index (χ1v) is 9.74. The molecule has 1 N–H and O–H groups in total. The third-order valence-electron chi connectivity index (χ3n) is 5.28. The molecule has 7 heteroatoms. The maximum atomic E-state index is 12.6. The summed E-state index contributed by atoms with van der Waals surface area (Å²) in [6, 6.07) is 10.4. The van der Waals surface area contributed by atoms with E-state index in [9.17, 15) is 4.79 Å². The predicted octanol–water partition coefficient (Wildman–Crippen LogP) is 0.879. The van der Waals surface area contributed by atoms with Crippen LogP contribution < -0.4 is 10.2 Å². The van der Waals surface area contributed by atoms with Gasteiger partial charge in [-0.2, -0.15) is 0 Å². The Kier molecular flexibility index (Phi) is 6.92. The lowest BCUT2D eigenvalue weighted by molar-refractivity contribution is -0.130. The third kappa shape index (κ3) is 5.35. The van der Waals surface area contributed by atoms with Crippen LogP contribution in [0.15, 0.2) is 35.3 Å². The van der Waals surface area contributed by atoms with Gasteiger partial charge in [0.25, 0.3) is 0 Å². The fraction of sp³-hybridized carbons (Fsp3) is 0.600. The monoisotopic (exact) mass is 373 g/mol. The number of piperazine rings is 1. The van der Waals surface area contributed by atoms with Crippen molar-refractivity contribution < 1.29 is 9.53 Å². The Morgan fingerprint density at radius 2 is 2.00 bits per heavy atom. The molecule has 1 aromatic carbocycles. The van der Waals surface area contributed by atoms with E-state index in [-0.39, 0.29) is 12.5 Å². The zero-order valence-corrected chi connectivity index (χ0v) is 16.4. The van der Waals surface area contributed by atoms with Crippen LogP contribution in [0.4, 0.5) is 5.69 Å². The number of carbonyl (C=O) groups excluding carboxylic acids is 1. The number of anilines is 1. The van der Waals surface area contributed by atoms with Crippen molar-refractivity contribution in [2.24, 2.45) is 10.9 Å². The van der Waals surface area contributed by atoms with Gasteiger partial charge in [-0.25, -0.2) is 0 Å². The van der Waals surface area contributed by atoms with Crippen molar-refractivity contribution in [3.63, 3.8) is 0 Å². The number of hydrogen-bond acceptors (Lipinski definition) is 4. The van der Waals surface area contributed by atoms with Crippen LogP contribution in [-0.4, -0.2) is 88.2 Å². The van der Waals surface area contributed by atoms with E-state index in [0.29, 0.717) is 5.92 Å². The second kappa shape index (κ2) is 9.60. The van der Waals surface area contributed by atoms with Gasteiger partial charge in [0.2, 0.25) is 5.91 Å². The van der Waals surface area contributed by atoms with Crippen LogP contribution in [0, 0.1) is 5.92 Å². The summed E-state index contributed by atoms with van der Waals surface area (Å²) in [6.07, 6.45) is 1.09. The third-order valence-corrected chi connectivity index (χ3v) is 5.28. The molecule has 2 aliphatic heterocycles. The molecule has 2 heterocycles. The highest BCUT2D eigenvalue weighted by molar-refractivity contribution is 5.86. The van der Waals surface area contributed by atoms with Crippen LogP contribution >= 0.6 is 0 Å². The van der Waals surface area contributed by atoms with Crippen LogP contribution in [0.5, 0.6) is 0 Å². The Bertz CT molecular complexity index is 623. The fourth-order valence-corrected chi connectivity index (χ4v) is 3.71. The standard InChI is InChI=1S/C20H31N5O2/c1-21-20(23(2)15-17-8-13-27-16-17)22-14-19(26)25-11-9-24(10-12-25)18-6-4-3-5-7-18/h3-7,17H,8-16H2,1-2H3,(H,21,22). The molecule has 2 saturated heterocycles. The SMILES string of the molecule is CN=C(NCC(=O)N1CCN(c2ccccc2)CC1)N(C)CC1CCOC1. The molecule has 0 bridgehead atoms. The smallest absolute Gasteiger partial charge is 0.242 e. The summed E-state index contributed by atoms with van der Waals surface area (Å²) in [7, 11) is 3.77. The maximum absolute atomic E-state index is 12.6. The average Bonchev–Trinajstić information content (AvgIpc) is 3.22. The van der Waals surface area contributed by atoms with E-state index in [1.165, 1.54) is 5.69 Å². The molecule has 2 aliphatic rings. The van der Waals surface area contributed by atoms with Crippen LogP contribution in [0.3, 0.4) is 0 Å². The number of nitrogens with zero attached hydrogens (tertiary/aromatic N) is 4. The lowest BCUT2D eigenvalue weighted by atomic mass is 10.1. The molecule has 0 aromatic heterocycles. The number of nitrogens with one attached hydrogen (secondary N) is 1. The molecule has 0 radical (unpaired) electrons. The Morgan fingerprint density at radius 3 is 2.63 bits per heavy atom. The van der Waals surface area contributed by atoms with Crippen molar-refractivity contribution in [3.05, 3.63) is 30.3 Å². The van der Waals surface area contributed by atoms with Crippen molar-refractivity contribution in [3.8, 4) is 0 Å². The van der Waals surface area contributed by atoms with E-state index in [4.69, 9.17) is 4.74 Å². The number of aliphatic imine (C=N–C) groups is 1. The molecule has 3 rings (SSSR count). The first-order chi connectivity index (χ1) is 13.2. The zero-order valence-electron chi connectivity index (χ0n) is 16.4. The van der Waals surface area contributed by atoms with Gasteiger partial charge >= 0.3 is 0 Å². The van der Waals surface area contributed by atoms with Gasteiger partial charge in [0.1, 0.15) is 0 Å². The van der Waals surface area contributed by atoms with Crippen molar-refractivity contribution in [2.75, 3.05) is 71.5 Å². The number of guanidine groups is 1. The molecule has 7 nitrogen and oxygen atoms in total. The first-order valence-electron chi connectivity index (χ1n) is 9.74. The summed E-state index contributed by atoms with van der Waals surface area (Å²) >= 11 is 0. The van der Waals surface area contributed by atoms with Gasteiger partial charge in [-0.15, -0.1) is 0 Å². The normalized spacial score (nSPS) is 20.7. The average molecular weight is 374 g/mol. The molecular formula is C20H31N5O2. The Labute approximate surface area is 162 Å². The summed E-state index contributed by atoms with van der Waals surface area (Å²) in [5.41, 5.74) is 1.22. The Hall–Kier alpha value is -2.28. The van der Waals surface area contributed by atoms with Gasteiger partial charge in [0.05, 0.1) is 13.2 Å². The number of para-hydroxylation sites is 1. The van der Waals surface area contributed by atoms with Crippen molar-refractivity contribution in [1.82, 2.24) is 15.1 Å². The van der Waals surface area contributed by atoms with E-state index >= 15 is 0 Å². The molecule has 2 fully saturated rings. The molecule has 1 aromatic rings. The number of ether oxygens (including phenoxy) is 1. The van der Waals surface area contributed by atoms with Gasteiger partial charge < -0.3 is 24.8 Å². The number of amides is 1. The number of hydrogen-bond donors (Lipinski definition) is 1. The number of carbonyl (C=O) groups is 1. The summed E-state index contributed by atoms with van der Waals surface area (Å²) in [5, 5.41) is 3.21. The lowest BCUT2D eigenvalue weighted by Crippen LogP contribution is -2.52. The summed E-state index contributed by atoms with van der Waals surface area (Å²) in [6.45, 7) is 6.07. The maximum Gasteiger partial charge on any atom is 0.242 e. The lowest BCUT2D eigenvalue weighted by Gasteiger charge is -2.36. The van der Waals surface area contributed by atoms with Crippen LogP contribution in [0.25, 0.3) is 0 Å². The van der Waals surface area contributed by atoms with Gasteiger partial charge in [-0.3, -0.25) is 9.79 Å². The van der Waals surface area contributed by atoms with Gasteiger partial charge in [-0.1, -0.05) is 18.2 Å². The zero-order chi connectivity index (χ0) is 19.1. The molecule has 1 unspecified atom stereocenters. The molecule has 27 heavy (non-hydrogen) atoms. The molecular weight excluding hydrogens is 342 g/mol. The minimum atomic E-state index is 0.126.